The summed E-state index contributed by atoms with van der Waals surface area (Å²) in [5.41, 5.74) is -0.352. The first-order chi connectivity index (χ1) is 12.0. The average molecular weight is 370 g/mol. The van der Waals surface area contributed by atoms with Crippen LogP contribution in [0.4, 0.5) is 13.2 Å². The van der Waals surface area contributed by atoms with Gasteiger partial charge in [-0.1, -0.05) is 13.8 Å². The summed E-state index contributed by atoms with van der Waals surface area (Å²) in [5, 5.41) is 15.3. The predicted octanol–water partition coefficient (Wildman–Crippen LogP) is 2.61. The molecule has 0 saturated heterocycles. The molecule has 2 aromatic heterocycles. The molecule has 7 nitrogen and oxygen atoms in total. The molecule has 0 aliphatic heterocycles. The monoisotopic (exact) mass is 370 g/mol. The van der Waals surface area contributed by atoms with Gasteiger partial charge in [-0.25, -0.2) is 9.67 Å². The van der Waals surface area contributed by atoms with E-state index in [0.29, 0.717) is 11.9 Å². The molecule has 1 atom stereocenters. The van der Waals surface area contributed by atoms with E-state index in [1.165, 1.54) is 17.8 Å². The van der Waals surface area contributed by atoms with Gasteiger partial charge >= 0.3 is 12.1 Å². The highest BCUT2D eigenvalue weighted by atomic mass is 19.4. The minimum atomic E-state index is -4.51. The zero-order valence-corrected chi connectivity index (χ0v) is 14.2. The number of alkyl halides is 3. The Hall–Kier alpha value is -2.91. The highest BCUT2D eigenvalue weighted by molar-refractivity contribution is 5.97. The number of rotatable bonds is 5. The van der Waals surface area contributed by atoms with Gasteiger partial charge in [-0.05, 0) is 25.0 Å². The number of nitrogens with zero attached hydrogens (tertiary/aromatic N) is 3. The van der Waals surface area contributed by atoms with Crippen LogP contribution in [0.5, 0.6) is 0 Å². The van der Waals surface area contributed by atoms with Gasteiger partial charge in [0, 0.05) is 6.20 Å². The van der Waals surface area contributed by atoms with Crippen LogP contribution < -0.4 is 5.32 Å². The van der Waals surface area contributed by atoms with Crippen LogP contribution >= 0.6 is 0 Å². The summed E-state index contributed by atoms with van der Waals surface area (Å²) in [6, 6.07) is 0.930. The van der Waals surface area contributed by atoms with Crippen LogP contribution in [0, 0.1) is 0 Å². The van der Waals surface area contributed by atoms with Crippen LogP contribution in [-0.2, 0) is 11.0 Å². The van der Waals surface area contributed by atoms with Gasteiger partial charge in [0.25, 0.3) is 5.91 Å². The van der Waals surface area contributed by atoms with E-state index in [-0.39, 0.29) is 17.3 Å². The summed E-state index contributed by atoms with van der Waals surface area (Å²) in [5.74, 6) is -1.93. The van der Waals surface area contributed by atoms with E-state index in [1.54, 1.807) is 13.8 Å². The SMILES string of the molecule is CC(C)c1c(C(=O)N[C@H](C)C(=O)O)cnn1-c1ccc(C(F)(F)F)cn1. The Labute approximate surface area is 146 Å². The molecular formula is C16H17F3N4O3. The van der Waals surface area contributed by atoms with E-state index >= 15 is 0 Å². The average Bonchev–Trinajstić information content (AvgIpc) is 2.99. The van der Waals surface area contributed by atoms with Crippen molar-refractivity contribution in [2.75, 3.05) is 0 Å². The maximum atomic E-state index is 12.7. The van der Waals surface area contributed by atoms with Crippen molar-refractivity contribution < 1.29 is 27.9 Å². The van der Waals surface area contributed by atoms with E-state index < -0.39 is 29.7 Å². The van der Waals surface area contributed by atoms with Crippen molar-refractivity contribution in [3.63, 3.8) is 0 Å². The number of carboxylic acids is 1. The molecule has 26 heavy (non-hydrogen) atoms. The third-order valence-corrected chi connectivity index (χ3v) is 3.61. The Balaban J connectivity index is 2.41. The molecule has 0 unspecified atom stereocenters. The minimum absolute atomic E-state index is 0.118. The van der Waals surface area contributed by atoms with Crippen molar-refractivity contribution in [3.05, 3.63) is 41.3 Å². The van der Waals surface area contributed by atoms with Crippen LogP contribution in [0.2, 0.25) is 0 Å². The van der Waals surface area contributed by atoms with Crippen LogP contribution in [0.25, 0.3) is 5.82 Å². The fourth-order valence-electron chi connectivity index (χ4n) is 2.29. The number of pyridine rings is 1. The van der Waals surface area contributed by atoms with E-state index in [2.05, 4.69) is 15.4 Å². The lowest BCUT2D eigenvalue weighted by Gasteiger charge is -2.14. The molecular weight excluding hydrogens is 353 g/mol. The Morgan fingerprint density at radius 1 is 1.19 bits per heavy atom. The first-order valence-electron chi connectivity index (χ1n) is 7.67. The third kappa shape index (κ3) is 4.01. The van der Waals surface area contributed by atoms with Gasteiger partial charge in [0.15, 0.2) is 5.82 Å². The number of hydrogen-bond acceptors (Lipinski definition) is 4. The minimum Gasteiger partial charge on any atom is -0.480 e. The van der Waals surface area contributed by atoms with E-state index in [1.807, 2.05) is 0 Å². The zero-order valence-electron chi connectivity index (χ0n) is 14.2. The van der Waals surface area contributed by atoms with Crippen LogP contribution in [0.1, 0.15) is 48.3 Å². The molecule has 2 aromatic rings. The largest absolute Gasteiger partial charge is 0.480 e. The van der Waals surface area contributed by atoms with Crippen molar-refractivity contribution in [1.82, 2.24) is 20.1 Å². The first kappa shape index (κ1) is 19.4. The van der Waals surface area contributed by atoms with Crippen LogP contribution in [0.3, 0.4) is 0 Å². The number of aromatic nitrogens is 3. The van der Waals surface area contributed by atoms with Crippen molar-refractivity contribution in [2.24, 2.45) is 0 Å². The summed E-state index contributed by atoms with van der Waals surface area (Å²) < 4.78 is 39.3. The number of carbonyl (C=O) groups is 2. The second-order valence-corrected chi connectivity index (χ2v) is 5.95. The van der Waals surface area contributed by atoms with Gasteiger partial charge in [-0.3, -0.25) is 9.59 Å². The van der Waals surface area contributed by atoms with Crippen LogP contribution in [0.15, 0.2) is 24.5 Å². The lowest BCUT2D eigenvalue weighted by molar-refractivity contribution is -0.139. The van der Waals surface area contributed by atoms with Gasteiger partial charge in [0.05, 0.1) is 23.0 Å². The van der Waals surface area contributed by atoms with Crippen LogP contribution in [-0.4, -0.2) is 37.8 Å². The van der Waals surface area contributed by atoms with Crippen molar-refractivity contribution >= 4 is 11.9 Å². The lowest BCUT2D eigenvalue weighted by atomic mass is 10.0. The van der Waals surface area contributed by atoms with Crippen molar-refractivity contribution in [3.8, 4) is 5.82 Å². The fraction of sp³-hybridized carbons (Fsp3) is 0.375. The van der Waals surface area contributed by atoms with Gasteiger partial charge in [0.1, 0.15) is 6.04 Å². The molecule has 2 rings (SSSR count). The lowest BCUT2D eigenvalue weighted by Crippen LogP contribution is -2.38. The smallest absolute Gasteiger partial charge is 0.417 e. The summed E-state index contributed by atoms with van der Waals surface area (Å²) in [7, 11) is 0. The van der Waals surface area contributed by atoms with E-state index in [4.69, 9.17) is 5.11 Å². The second-order valence-electron chi connectivity index (χ2n) is 5.95. The molecule has 0 spiro atoms. The van der Waals surface area contributed by atoms with Gasteiger partial charge in [0.2, 0.25) is 0 Å². The number of carboxylic acid groups (broad SMARTS) is 1. The fourth-order valence-corrected chi connectivity index (χ4v) is 2.29. The molecule has 10 heteroatoms. The number of hydrogen-bond donors (Lipinski definition) is 2. The molecule has 2 heterocycles. The highest BCUT2D eigenvalue weighted by Crippen LogP contribution is 2.29. The molecule has 0 aromatic carbocycles. The molecule has 0 radical (unpaired) electrons. The maximum absolute atomic E-state index is 12.7. The molecule has 0 aliphatic rings. The van der Waals surface area contributed by atoms with Gasteiger partial charge in [-0.2, -0.15) is 18.3 Å². The van der Waals surface area contributed by atoms with Crippen molar-refractivity contribution in [1.29, 1.82) is 0 Å². The standard InChI is InChI=1S/C16H17F3N4O3/c1-8(2)13-11(14(24)22-9(3)15(25)26)7-21-23(13)12-5-4-10(6-20-12)16(17,18)19/h4-9H,1-3H3,(H,22,24)(H,25,26)/t9-/m1/s1. The normalized spacial score (nSPS) is 12.9. The number of aliphatic carboxylic acids is 1. The maximum Gasteiger partial charge on any atom is 0.417 e. The molecule has 0 saturated carbocycles. The molecule has 140 valence electrons. The van der Waals surface area contributed by atoms with E-state index in [9.17, 15) is 22.8 Å². The number of amides is 1. The summed E-state index contributed by atoms with van der Waals surface area (Å²) in [6.07, 6.45) is -2.58. The number of halogens is 3. The summed E-state index contributed by atoms with van der Waals surface area (Å²) >= 11 is 0. The topological polar surface area (TPSA) is 97.1 Å². The predicted molar refractivity (Wildman–Crippen MR) is 85.0 cm³/mol. The van der Waals surface area contributed by atoms with Gasteiger partial charge < -0.3 is 10.4 Å². The van der Waals surface area contributed by atoms with E-state index in [0.717, 1.165) is 12.1 Å². The Morgan fingerprint density at radius 3 is 2.31 bits per heavy atom. The number of nitrogens with one attached hydrogen (secondary N) is 1. The number of carbonyl (C=O) groups excluding carboxylic acids is 1. The molecule has 0 fully saturated rings. The molecule has 0 aliphatic carbocycles. The first-order valence-corrected chi connectivity index (χ1v) is 7.67. The zero-order chi connectivity index (χ0) is 19.6. The highest BCUT2D eigenvalue weighted by Gasteiger charge is 2.31. The van der Waals surface area contributed by atoms with Gasteiger partial charge in [-0.15, -0.1) is 0 Å². The second kappa shape index (κ2) is 7.14. The Morgan fingerprint density at radius 2 is 1.85 bits per heavy atom. The quantitative estimate of drug-likeness (QED) is 0.843. The summed E-state index contributed by atoms with van der Waals surface area (Å²) in [4.78, 5) is 27.0. The van der Waals surface area contributed by atoms with Crippen molar-refractivity contribution in [2.45, 2.75) is 38.9 Å². The third-order valence-electron chi connectivity index (χ3n) is 3.61. The molecule has 1 amide bonds. The molecule has 0 bridgehead atoms. The summed E-state index contributed by atoms with van der Waals surface area (Å²) in [6.45, 7) is 4.86. The Kier molecular flexibility index (Phi) is 5.33. The molecule has 2 N–H and O–H groups in total. The Bertz CT molecular complexity index is 813.